The van der Waals surface area contributed by atoms with E-state index in [1.54, 1.807) is 29.1 Å². The van der Waals surface area contributed by atoms with Gasteiger partial charge in [-0.15, -0.1) is 0 Å². The van der Waals surface area contributed by atoms with Crippen LogP contribution < -0.4 is 5.73 Å². The summed E-state index contributed by atoms with van der Waals surface area (Å²) >= 11 is 0. The maximum absolute atomic E-state index is 11.8. The summed E-state index contributed by atoms with van der Waals surface area (Å²) in [6.07, 6.45) is 2.38. The molecule has 0 spiro atoms. The Bertz CT molecular complexity index is 578. The molecule has 1 heterocycles. The van der Waals surface area contributed by atoms with Crippen molar-refractivity contribution in [2.45, 2.75) is 26.4 Å². The second-order valence-corrected chi connectivity index (χ2v) is 4.36. The molecule has 19 heavy (non-hydrogen) atoms. The zero-order valence-corrected chi connectivity index (χ0v) is 11.0. The lowest BCUT2D eigenvalue weighted by Crippen LogP contribution is -2.14. The van der Waals surface area contributed by atoms with Crippen molar-refractivity contribution >= 4 is 11.7 Å². The van der Waals surface area contributed by atoms with Gasteiger partial charge in [-0.3, -0.25) is 0 Å². The molecule has 2 rings (SSSR count). The van der Waals surface area contributed by atoms with Gasteiger partial charge >= 0.3 is 5.97 Å². The number of hydrogen-bond acceptors (Lipinski definition) is 4. The van der Waals surface area contributed by atoms with Gasteiger partial charge in [-0.1, -0.05) is 13.0 Å². The van der Waals surface area contributed by atoms with Crippen LogP contribution in [0.4, 0.5) is 5.69 Å². The molecular weight excluding hydrogens is 242 g/mol. The third-order valence-corrected chi connectivity index (χ3v) is 2.82. The highest BCUT2D eigenvalue weighted by molar-refractivity contribution is 5.87. The molecule has 100 valence electrons. The van der Waals surface area contributed by atoms with Crippen molar-refractivity contribution in [1.29, 1.82) is 0 Å². The largest absolute Gasteiger partial charge is 0.458 e. The third-order valence-electron chi connectivity index (χ3n) is 2.82. The van der Waals surface area contributed by atoms with E-state index in [1.807, 2.05) is 26.0 Å². The topological polar surface area (TPSA) is 70.1 Å². The molecule has 0 saturated carbocycles. The smallest absolute Gasteiger partial charge is 0.359 e. The molecule has 0 fully saturated rings. The van der Waals surface area contributed by atoms with Crippen molar-refractivity contribution < 1.29 is 9.53 Å². The van der Waals surface area contributed by atoms with Crippen LogP contribution in [0.25, 0.3) is 5.69 Å². The number of hydrogen-bond donors (Lipinski definition) is 1. The van der Waals surface area contributed by atoms with E-state index in [0.717, 1.165) is 12.1 Å². The number of nitrogens with zero attached hydrogens (tertiary/aromatic N) is 2. The van der Waals surface area contributed by atoms with Crippen molar-refractivity contribution in [3.05, 3.63) is 42.2 Å². The fourth-order valence-corrected chi connectivity index (χ4v) is 1.57. The molecule has 1 unspecified atom stereocenters. The van der Waals surface area contributed by atoms with E-state index in [-0.39, 0.29) is 6.10 Å². The Balaban J connectivity index is 2.17. The average molecular weight is 259 g/mol. The number of nitrogens with two attached hydrogens (primary N) is 1. The summed E-state index contributed by atoms with van der Waals surface area (Å²) in [7, 11) is 0. The average Bonchev–Trinajstić information content (AvgIpc) is 2.88. The molecule has 0 amide bonds. The molecule has 2 N–H and O–H groups in total. The molecule has 1 atom stereocenters. The quantitative estimate of drug-likeness (QED) is 0.676. The second-order valence-electron chi connectivity index (χ2n) is 4.36. The number of anilines is 1. The van der Waals surface area contributed by atoms with Gasteiger partial charge in [0.15, 0.2) is 5.69 Å². The summed E-state index contributed by atoms with van der Waals surface area (Å²) in [5, 5.41) is 4.20. The third kappa shape index (κ3) is 3.13. The Hall–Kier alpha value is -2.30. The minimum atomic E-state index is -0.406. The maximum atomic E-state index is 11.8. The number of rotatable bonds is 4. The van der Waals surface area contributed by atoms with E-state index in [4.69, 9.17) is 10.5 Å². The molecular formula is C14H17N3O2. The van der Waals surface area contributed by atoms with Crippen molar-refractivity contribution in [2.75, 3.05) is 5.73 Å². The van der Waals surface area contributed by atoms with Crippen LogP contribution in [-0.2, 0) is 4.74 Å². The Morgan fingerprint density at radius 2 is 2.26 bits per heavy atom. The van der Waals surface area contributed by atoms with Crippen LogP contribution in [0.15, 0.2) is 36.5 Å². The zero-order chi connectivity index (χ0) is 13.8. The van der Waals surface area contributed by atoms with E-state index >= 15 is 0 Å². The van der Waals surface area contributed by atoms with E-state index in [1.165, 1.54) is 0 Å². The molecule has 5 nitrogen and oxygen atoms in total. The SMILES string of the molecule is CCC(C)OC(=O)c1ccn(-c2cccc(N)c2)n1. The lowest BCUT2D eigenvalue weighted by Gasteiger charge is -2.08. The van der Waals surface area contributed by atoms with Crippen LogP contribution in [0.2, 0.25) is 0 Å². The monoisotopic (exact) mass is 259 g/mol. The highest BCUT2D eigenvalue weighted by Gasteiger charge is 2.14. The number of nitrogen functional groups attached to an aromatic ring is 1. The van der Waals surface area contributed by atoms with Crippen LogP contribution in [-0.4, -0.2) is 21.9 Å². The first-order valence-electron chi connectivity index (χ1n) is 6.22. The first-order chi connectivity index (χ1) is 9.10. The summed E-state index contributed by atoms with van der Waals surface area (Å²) in [4.78, 5) is 11.8. The minimum Gasteiger partial charge on any atom is -0.458 e. The Morgan fingerprint density at radius 1 is 1.47 bits per heavy atom. The number of carbonyl (C=O) groups is 1. The van der Waals surface area contributed by atoms with Crippen LogP contribution in [0.1, 0.15) is 30.8 Å². The molecule has 0 radical (unpaired) electrons. The van der Waals surface area contributed by atoms with Gasteiger partial charge in [0.1, 0.15) is 0 Å². The first-order valence-corrected chi connectivity index (χ1v) is 6.22. The molecule has 0 aliphatic carbocycles. The van der Waals surface area contributed by atoms with E-state index in [0.29, 0.717) is 11.4 Å². The number of aromatic nitrogens is 2. The summed E-state index contributed by atoms with van der Waals surface area (Å²) in [5.74, 6) is -0.406. The normalized spacial score (nSPS) is 12.1. The fraction of sp³-hybridized carbons (Fsp3) is 0.286. The van der Waals surface area contributed by atoms with Crippen molar-refractivity contribution in [1.82, 2.24) is 9.78 Å². The van der Waals surface area contributed by atoms with Crippen LogP contribution >= 0.6 is 0 Å². The van der Waals surface area contributed by atoms with Gasteiger partial charge in [0.05, 0.1) is 11.8 Å². The van der Waals surface area contributed by atoms with Gasteiger partial charge < -0.3 is 10.5 Å². The minimum absolute atomic E-state index is 0.106. The van der Waals surface area contributed by atoms with Crippen molar-refractivity contribution in [3.8, 4) is 5.69 Å². The first kappa shape index (κ1) is 13.1. The second kappa shape index (κ2) is 5.56. The molecule has 2 aromatic rings. The lowest BCUT2D eigenvalue weighted by atomic mass is 10.3. The highest BCUT2D eigenvalue weighted by atomic mass is 16.5. The predicted molar refractivity (Wildman–Crippen MR) is 73.1 cm³/mol. The van der Waals surface area contributed by atoms with Gasteiger partial charge in [0.2, 0.25) is 0 Å². The molecule has 1 aromatic carbocycles. The number of benzene rings is 1. The van der Waals surface area contributed by atoms with Gasteiger partial charge in [-0.05, 0) is 37.6 Å². The Labute approximate surface area is 112 Å². The summed E-state index contributed by atoms with van der Waals surface area (Å²) < 4.78 is 6.82. The molecule has 0 aliphatic heterocycles. The summed E-state index contributed by atoms with van der Waals surface area (Å²) in [6, 6.07) is 8.92. The summed E-state index contributed by atoms with van der Waals surface area (Å²) in [5.41, 5.74) is 7.47. The lowest BCUT2D eigenvalue weighted by molar-refractivity contribution is 0.0327. The van der Waals surface area contributed by atoms with Crippen molar-refractivity contribution in [3.63, 3.8) is 0 Å². The predicted octanol–water partition coefficient (Wildman–Crippen LogP) is 2.41. The van der Waals surface area contributed by atoms with Crippen LogP contribution in [0.5, 0.6) is 0 Å². The Morgan fingerprint density at radius 3 is 2.95 bits per heavy atom. The van der Waals surface area contributed by atoms with Gasteiger partial charge in [0, 0.05) is 11.9 Å². The fourth-order valence-electron chi connectivity index (χ4n) is 1.57. The van der Waals surface area contributed by atoms with E-state index in [9.17, 15) is 4.79 Å². The van der Waals surface area contributed by atoms with Gasteiger partial charge in [0.25, 0.3) is 0 Å². The van der Waals surface area contributed by atoms with Crippen LogP contribution in [0.3, 0.4) is 0 Å². The number of esters is 1. The summed E-state index contributed by atoms with van der Waals surface area (Å²) in [6.45, 7) is 3.82. The van der Waals surface area contributed by atoms with Gasteiger partial charge in [-0.2, -0.15) is 5.10 Å². The molecule has 1 aromatic heterocycles. The molecule has 0 bridgehead atoms. The van der Waals surface area contributed by atoms with E-state index in [2.05, 4.69) is 5.10 Å². The van der Waals surface area contributed by atoms with Crippen molar-refractivity contribution in [2.24, 2.45) is 0 Å². The highest BCUT2D eigenvalue weighted by Crippen LogP contribution is 2.12. The standard InChI is InChI=1S/C14H17N3O2/c1-3-10(2)19-14(18)13-7-8-17(16-13)12-6-4-5-11(15)9-12/h4-10H,3,15H2,1-2H3. The molecule has 0 saturated heterocycles. The zero-order valence-electron chi connectivity index (χ0n) is 11.0. The molecule has 5 heteroatoms. The maximum Gasteiger partial charge on any atom is 0.359 e. The van der Waals surface area contributed by atoms with Crippen LogP contribution in [0, 0.1) is 0 Å². The number of carbonyl (C=O) groups excluding carboxylic acids is 1. The van der Waals surface area contributed by atoms with Gasteiger partial charge in [-0.25, -0.2) is 9.48 Å². The van der Waals surface area contributed by atoms with E-state index < -0.39 is 5.97 Å². The Kier molecular flexibility index (Phi) is 3.85. The number of ether oxygens (including phenoxy) is 1. The molecule has 0 aliphatic rings.